The topological polar surface area (TPSA) is 191 Å². The van der Waals surface area contributed by atoms with Crippen LogP contribution in [0.5, 0.6) is 0 Å². The van der Waals surface area contributed by atoms with Crippen molar-refractivity contribution < 1.29 is 33.1 Å². The first kappa shape index (κ1) is 23.6. The van der Waals surface area contributed by atoms with E-state index in [1.807, 2.05) is 0 Å². The summed E-state index contributed by atoms with van der Waals surface area (Å²) in [5.74, 6) is -1.83. The van der Waals surface area contributed by atoms with E-state index in [0.717, 1.165) is 6.26 Å². The third-order valence-electron chi connectivity index (χ3n) is 1.63. The van der Waals surface area contributed by atoms with E-state index in [0.29, 0.717) is 6.61 Å². The summed E-state index contributed by atoms with van der Waals surface area (Å²) in [6.45, 7) is 3.92. The molecule has 0 unspecified atom stereocenters. The number of carbonyl (C=O) groups is 4. The van der Waals surface area contributed by atoms with E-state index >= 15 is 0 Å². The number of amides is 2. The van der Waals surface area contributed by atoms with Gasteiger partial charge >= 0.3 is 18.0 Å². The molecule has 136 valence electrons. The maximum Gasteiger partial charge on any atom is 0.375 e. The molecule has 12 heteroatoms. The van der Waals surface area contributed by atoms with Crippen LogP contribution in [-0.2, 0) is 19.1 Å². The number of nitrogen functional groups attached to an aromatic ring is 1. The number of ketones is 1. The summed E-state index contributed by atoms with van der Waals surface area (Å²) in [7, 11) is 0. The molecular formula is C12H19BrN4O7. The molecule has 0 aliphatic rings. The van der Waals surface area contributed by atoms with Crippen LogP contribution >= 0.6 is 15.9 Å². The van der Waals surface area contributed by atoms with Crippen LogP contribution in [0.3, 0.4) is 0 Å². The normalized spacial score (nSPS) is 8.62. The number of anilines is 1. The number of aromatic nitrogens is 1. The van der Waals surface area contributed by atoms with Crippen molar-refractivity contribution in [3.05, 3.63) is 12.0 Å². The van der Waals surface area contributed by atoms with Crippen LogP contribution in [0, 0.1) is 0 Å². The van der Waals surface area contributed by atoms with Gasteiger partial charge in [0.15, 0.2) is 5.69 Å². The predicted octanol–water partition coefficient (Wildman–Crippen LogP) is -0.0292. The highest BCUT2D eigenvalue weighted by atomic mass is 79.9. The highest BCUT2D eigenvalue weighted by molar-refractivity contribution is 9.09. The lowest BCUT2D eigenvalue weighted by atomic mass is 10.5. The second kappa shape index (κ2) is 14.0. The number of urea groups is 1. The van der Waals surface area contributed by atoms with E-state index in [9.17, 15) is 14.4 Å². The Bertz CT molecular complexity index is 543. The molecule has 1 aromatic rings. The number of oxazole rings is 1. The van der Waals surface area contributed by atoms with Gasteiger partial charge in [0.1, 0.15) is 6.26 Å². The van der Waals surface area contributed by atoms with E-state index in [4.69, 9.17) is 10.5 Å². The van der Waals surface area contributed by atoms with Gasteiger partial charge in [0.05, 0.1) is 18.5 Å². The molecule has 2 amide bonds. The first-order valence-electron chi connectivity index (χ1n) is 6.38. The minimum Gasteiger partial charge on any atom is -0.461 e. The largest absolute Gasteiger partial charge is 0.461 e. The van der Waals surface area contributed by atoms with Crippen molar-refractivity contribution in [2.24, 2.45) is 11.5 Å². The smallest absolute Gasteiger partial charge is 0.375 e. The molecule has 0 aliphatic heterocycles. The van der Waals surface area contributed by atoms with Crippen LogP contribution < -0.4 is 17.2 Å². The van der Waals surface area contributed by atoms with Crippen molar-refractivity contribution >= 4 is 45.7 Å². The maximum absolute atomic E-state index is 10.9. The summed E-state index contributed by atoms with van der Waals surface area (Å²) in [6, 6.07) is -0.868. The van der Waals surface area contributed by atoms with E-state index in [-0.39, 0.29) is 23.6 Å². The van der Waals surface area contributed by atoms with Crippen LogP contribution in [0.1, 0.15) is 24.3 Å². The first-order chi connectivity index (χ1) is 11.2. The van der Waals surface area contributed by atoms with Crippen LogP contribution in [0.25, 0.3) is 0 Å². The number of alkyl halides is 1. The number of hydrogen-bond acceptors (Lipinski definition) is 9. The minimum atomic E-state index is -0.833. The summed E-state index contributed by atoms with van der Waals surface area (Å²) in [4.78, 5) is 44.2. The molecule has 0 spiro atoms. The Morgan fingerprint density at radius 1 is 1.17 bits per heavy atom. The number of carbonyl (C=O) groups excluding carboxylic acids is 4. The van der Waals surface area contributed by atoms with Crippen LogP contribution in [0.4, 0.5) is 10.8 Å². The number of nitrogens with zero attached hydrogens (tertiary/aromatic N) is 1. The van der Waals surface area contributed by atoms with Gasteiger partial charge in [-0.25, -0.2) is 14.4 Å². The first-order valence-corrected chi connectivity index (χ1v) is 7.50. The van der Waals surface area contributed by atoms with Crippen molar-refractivity contribution in [1.29, 1.82) is 0 Å². The fourth-order valence-electron chi connectivity index (χ4n) is 0.853. The van der Waals surface area contributed by atoms with Crippen molar-refractivity contribution in [3.63, 3.8) is 0 Å². The highest BCUT2D eigenvalue weighted by Gasteiger charge is 2.11. The van der Waals surface area contributed by atoms with E-state index in [1.54, 1.807) is 13.8 Å². The number of esters is 2. The van der Waals surface area contributed by atoms with Gasteiger partial charge in [0, 0.05) is 0 Å². The fourth-order valence-corrected chi connectivity index (χ4v) is 1.08. The lowest BCUT2D eigenvalue weighted by Crippen LogP contribution is -2.18. The van der Waals surface area contributed by atoms with Crippen LogP contribution in [-0.4, -0.2) is 47.3 Å². The Morgan fingerprint density at radius 2 is 1.67 bits per heavy atom. The Hall–Kier alpha value is -2.63. The molecule has 11 nitrogen and oxygen atoms in total. The van der Waals surface area contributed by atoms with Gasteiger partial charge in [-0.3, -0.25) is 4.79 Å². The second-order valence-corrected chi connectivity index (χ2v) is 4.03. The Balaban J connectivity index is 0. The zero-order valence-corrected chi connectivity index (χ0v) is 14.7. The molecule has 0 bridgehead atoms. The molecule has 24 heavy (non-hydrogen) atoms. The van der Waals surface area contributed by atoms with Gasteiger partial charge in [-0.1, -0.05) is 15.9 Å². The van der Waals surface area contributed by atoms with Crippen molar-refractivity contribution in [1.82, 2.24) is 4.98 Å². The standard InChI is InChI=1S/C6H8N2O3.C5H7BrO3.CH4N2O/c1-2-10-5(9)4-3-11-6(7)8-4;1-2-9-5(8)4(7)3-6;2-1(3)4/h3H,2H2,1H3,(H2,7,8);2-3H2,1H3;(H4,2,3,4). The summed E-state index contributed by atoms with van der Waals surface area (Å²) in [5.41, 5.74) is 13.7. The molecule has 0 aromatic carbocycles. The fraction of sp³-hybridized carbons (Fsp3) is 0.417. The molecule has 1 rings (SSSR count). The second-order valence-electron chi connectivity index (χ2n) is 3.47. The summed E-state index contributed by atoms with van der Waals surface area (Å²) < 4.78 is 13.6. The molecule has 0 saturated carbocycles. The molecule has 1 heterocycles. The minimum absolute atomic E-state index is 0.0336. The van der Waals surface area contributed by atoms with Crippen molar-refractivity contribution in [3.8, 4) is 0 Å². The van der Waals surface area contributed by atoms with Crippen LogP contribution in [0.15, 0.2) is 10.7 Å². The summed E-state index contributed by atoms with van der Waals surface area (Å²) in [5, 5.41) is 0.0336. The van der Waals surface area contributed by atoms with Crippen LogP contribution in [0.2, 0.25) is 0 Å². The lowest BCUT2D eigenvalue weighted by Gasteiger charge is -1.95. The lowest BCUT2D eigenvalue weighted by molar-refractivity contribution is -0.152. The number of primary amides is 2. The number of ether oxygens (including phenoxy) is 2. The monoisotopic (exact) mass is 410 g/mol. The third kappa shape index (κ3) is 13.1. The molecule has 0 aliphatic carbocycles. The molecule has 0 fully saturated rings. The number of hydrogen-bond donors (Lipinski definition) is 3. The van der Waals surface area contributed by atoms with E-state index in [1.165, 1.54) is 0 Å². The van der Waals surface area contributed by atoms with Gasteiger partial charge in [0.25, 0.3) is 6.01 Å². The van der Waals surface area contributed by atoms with Crippen molar-refractivity contribution in [2.75, 3.05) is 24.3 Å². The Morgan fingerprint density at radius 3 is 2.00 bits per heavy atom. The molecule has 0 radical (unpaired) electrons. The van der Waals surface area contributed by atoms with Gasteiger partial charge in [-0.15, -0.1) is 0 Å². The molecule has 6 N–H and O–H groups in total. The number of nitrogens with two attached hydrogens (primary N) is 3. The van der Waals surface area contributed by atoms with Gasteiger partial charge in [-0.05, 0) is 13.8 Å². The van der Waals surface area contributed by atoms with Crippen molar-refractivity contribution in [2.45, 2.75) is 13.8 Å². The summed E-state index contributed by atoms with van der Waals surface area (Å²) in [6.07, 6.45) is 1.16. The molecule has 0 saturated heterocycles. The van der Waals surface area contributed by atoms with Gasteiger partial charge in [0.2, 0.25) is 5.78 Å². The van der Waals surface area contributed by atoms with Gasteiger partial charge < -0.3 is 31.1 Å². The van der Waals surface area contributed by atoms with E-state index < -0.39 is 23.8 Å². The number of rotatable bonds is 5. The predicted molar refractivity (Wildman–Crippen MR) is 86.1 cm³/mol. The quantitative estimate of drug-likeness (QED) is 0.339. The highest BCUT2D eigenvalue weighted by Crippen LogP contribution is 2.03. The number of Topliss-reactive ketones (excluding diaryl/α,β-unsaturated/α-hetero) is 1. The third-order valence-corrected chi connectivity index (χ3v) is 2.14. The molecular weight excluding hydrogens is 392 g/mol. The number of halogens is 1. The Kier molecular flexibility index (Phi) is 13.8. The Labute approximate surface area is 146 Å². The van der Waals surface area contributed by atoms with Gasteiger partial charge in [-0.2, -0.15) is 4.98 Å². The zero-order valence-electron chi connectivity index (χ0n) is 13.1. The average molecular weight is 411 g/mol. The zero-order chi connectivity index (χ0) is 19.1. The average Bonchev–Trinajstić information content (AvgIpc) is 2.93. The SMILES string of the molecule is CCOC(=O)C(=O)CBr.CCOC(=O)c1coc(N)n1.NC(N)=O. The maximum atomic E-state index is 10.9. The summed E-state index contributed by atoms with van der Waals surface area (Å²) >= 11 is 2.83. The van der Waals surface area contributed by atoms with E-state index in [2.05, 4.69) is 46.3 Å². The molecule has 0 atom stereocenters. The molecule has 1 aromatic heterocycles.